The third kappa shape index (κ3) is 7.27. The summed E-state index contributed by atoms with van der Waals surface area (Å²) in [6, 6.07) is 9.13. The Morgan fingerprint density at radius 2 is 1.53 bits per heavy atom. The van der Waals surface area contributed by atoms with Crippen LogP contribution in [0.5, 0.6) is 0 Å². The van der Waals surface area contributed by atoms with E-state index in [1.807, 2.05) is 6.08 Å². The molecule has 1 heteroatoms. The third-order valence-electron chi connectivity index (χ3n) is 2.46. The van der Waals surface area contributed by atoms with E-state index in [4.69, 9.17) is 0 Å². The lowest BCUT2D eigenvalue weighted by atomic mass is 10.1. The molecule has 17 heavy (non-hydrogen) atoms. The molecule has 0 aromatic heterocycles. The van der Waals surface area contributed by atoms with Crippen LogP contribution in [0.25, 0.3) is 0 Å². The Hall–Kier alpha value is -0.690. The fraction of sp³-hybridized carbons (Fsp3) is 0.500. The van der Waals surface area contributed by atoms with Gasteiger partial charge in [-0.1, -0.05) is 38.5 Å². The van der Waals surface area contributed by atoms with Gasteiger partial charge in [0.25, 0.3) is 0 Å². The molecule has 0 unspecified atom stereocenters. The van der Waals surface area contributed by atoms with Gasteiger partial charge in [0, 0.05) is 0 Å². The van der Waals surface area contributed by atoms with E-state index in [-0.39, 0.29) is 0 Å². The topological polar surface area (TPSA) is 0 Å². The van der Waals surface area contributed by atoms with Crippen molar-refractivity contribution in [3.63, 3.8) is 0 Å². The molecule has 0 N–H and O–H groups in total. The monoisotopic (exact) mass is 252 g/mol. The van der Waals surface area contributed by atoms with Crippen LogP contribution in [-0.2, 0) is 6.42 Å². The maximum atomic E-state index is 3.48. The van der Waals surface area contributed by atoms with Crippen molar-refractivity contribution in [1.29, 1.82) is 0 Å². The first-order chi connectivity index (χ1) is 7.95. The predicted octanol–water partition coefficient (Wildman–Crippen LogP) is 5.27. The summed E-state index contributed by atoms with van der Waals surface area (Å²) < 4.78 is 0. The zero-order valence-electron chi connectivity index (χ0n) is 12.1. The van der Waals surface area contributed by atoms with Crippen molar-refractivity contribution in [2.45, 2.75) is 38.0 Å². The standard InChI is InChI=1S/C12H20S.C4H8/c1-5-6-11-7-9-12(10-8-11)13(2,3)4;1-3-4-2/h7-10H,5-6H2,1-4H3;3H,1,4H2,2H3. The van der Waals surface area contributed by atoms with Crippen LogP contribution >= 0.6 is 10.0 Å². The van der Waals surface area contributed by atoms with Gasteiger partial charge in [0.05, 0.1) is 0 Å². The molecule has 0 aliphatic heterocycles. The molecule has 0 atom stereocenters. The fourth-order valence-electron chi connectivity index (χ4n) is 1.35. The van der Waals surface area contributed by atoms with Crippen molar-refractivity contribution in [2.24, 2.45) is 0 Å². The van der Waals surface area contributed by atoms with Gasteiger partial charge in [0.2, 0.25) is 0 Å². The Bertz CT molecular complexity index is 303. The molecule has 1 aromatic carbocycles. The normalized spacial score (nSPS) is 11.4. The average Bonchev–Trinajstić information content (AvgIpc) is 2.29. The van der Waals surface area contributed by atoms with E-state index >= 15 is 0 Å². The molecule has 98 valence electrons. The van der Waals surface area contributed by atoms with Gasteiger partial charge < -0.3 is 0 Å². The highest BCUT2D eigenvalue weighted by molar-refractivity contribution is 8.32. The Kier molecular flexibility index (Phi) is 8.07. The van der Waals surface area contributed by atoms with Crippen LogP contribution in [0, 0.1) is 0 Å². The Morgan fingerprint density at radius 3 is 1.82 bits per heavy atom. The van der Waals surface area contributed by atoms with Gasteiger partial charge in [-0.05, 0) is 54.2 Å². The molecule has 0 fully saturated rings. The van der Waals surface area contributed by atoms with Crippen LogP contribution in [0.1, 0.15) is 32.3 Å². The summed E-state index contributed by atoms with van der Waals surface area (Å²) in [7, 11) is -0.535. The van der Waals surface area contributed by atoms with E-state index < -0.39 is 10.0 Å². The van der Waals surface area contributed by atoms with Crippen molar-refractivity contribution >= 4 is 10.0 Å². The van der Waals surface area contributed by atoms with Crippen LogP contribution in [0.4, 0.5) is 0 Å². The van der Waals surface area contributed by atoms with Crippen molar-refractivity contribution in [1.82, 2.24) is 0 Å². The van der Waals surface area contributed by atoms with Crippen molar-refractivity contribution in [3.8, 4) is 0 Å². The second-order valence-corrected chi connectivity index (χ2v) is 9.07. The van der Waals surface area contributed by atoms with Crippen LogP contribution in [0.2, 0.25) is 0 Å². The minimum absolute atomic E-state index is 0.535. The first kappa shape index (κ1) is 16.3. The summed E-state index contributed by atoms with van der Waals surface area (Å²) in [5.41, 5.74) is 1.47. The molecule has 0 aliphatic rings. The second-order valence-electron chi connectivity index (χ2n) is 4.93. The number of allylic oxidation sites excluding steroid dienone is 1. The average molecular weight is 252 g/mol. The van der Waals surface area contributed by atoms with Gasteiger partial charge in [-0.3, -0.25) is 0 Å². The zero-order chi connectivity index (χ0) is 13.3. The lowest BCUT2D eigenvalue weighted by molar-refractivity contribution is 0.920. The van der Waals surface area contributed by atoms with Gasteiger partial charge in [0.1, 0.15) is 0 Å². The summed E-state index contributed by atoms with van der Waals surface area (Å²) in [6.45, 7) is 7.77. The predicted molar refractivity (Wildman–Crippen MR) is 84.6 cm³/mol. The molecule has 0 heterocycles. The quantitative estimate of drug-likeness (QED) is 0.640. The van der Waals surface area contributed by atoms with Gasteiger partial charge in [-0.25, -0.2) is 10.0 Å². The first-order valence-corrected chi connectivity index (χ1v) is 9.19. The third-order valence-corrected chi connectivity index (χ3v) is 4.14. The summed E-state index contributed by atoms with van der Waals surface area (Å²) in [6.07, 6.45) is 12.4. The molecule has 1 aromatic rings. The molecule has 0 nitrogen and oxygen atoms in total. The first-order valence-electron chi connectivity index (χ1n) is 6.33. The Labute approximate surface area is 109 Å². The number of aryl methyl sites for hydroxylation is 1. The molecule has 0 saturated carbocycles. The number of hydrogen-bond donors (Lipinski definition) is 0. The van der Waals surface area contributed by atoms with E-state index in [0.29, 0.717) is 0 Å². The van der Waals surface area contributed by atoms with Crippen molar-refractivity contribution < 1.29 is 0 Å². The van der Waals surface area contributed by atoms with Gasteiger partial charge >= 0.3 is 0 Å². The number of hydrogen-bond acceptors (Lipinski definition) is 0. The van der Waals surface area contributed by atoms with E-state index in [1.165, 1.54) is 23.3 Å². The maximum Gasteiger partial charge on any atom is -0.0106 e. The summed E-state index contributed by atoms with van der Waals surface area (Å²) >= 11 is 0. The molecule has 0 radical (unpaired) electrons. The highest BCUT2D eigenvalue weighted by atomic mass is 32.3. The molecule has 1 rings (SSSR count). The minimum Gasteiger partial charge on any atom is -0.223 e. The van der Waals surface area contributed by atoms with E-state index in [2.05, 4.69) is 63.5 Å². The van der Waals surface area contributed by atoms with Crippen LogP contribution in [-0.4, -0.2) is 18.8 Å². The molecular weight excluding hydrogens is 224 g/mol. The van der Waals surface area contributed by atoms with Crippen LogP contribution in [0.15, 0.2) is 41.8 Å². The highest BCUT2D eigenvalue weighted by Gasteiger charge is 2.06. The molecule has 0 amide bonds. The van der Waals surface area contributed by atoms with E-state index in [0.717, 1.165) is 6.42 Å². The Morgan fingerprint density at radius 1 is 1.06 bits per heavy atom. The lowest BCUT2D eigenvalue weighted by Gasteiger charge is -2.25. The zero-order valence-corrected chi connectivity index (χ0v) is 12.9. The van der Waals surface area contributed by atoms with E-state index in [9.17, 15) is 0 Å². The largest absolute Gasteiger partial charge is 0.223 e. The lowest BCUT2D eigenvalue weighted by Crippen LogP contribution is -1.93. The summed E-state index contributed by atoms with van der Waals surface area (Å²) in [4.78, 5) is 1.51. The summed E-state index contributed by atoms with van der Waals surface area (Å²) in [5, 5.41) is 0. The molecule has 0 spiro atoms. The number of benzene rings is 1. The van der Waals surface area contributed by atoms with E-state index in [1.54, 1.807) is 0 Å². The SMILES string of the molecule is C=CCC.CCCc1ccc(S(C)(C)C)cc1. The summed E-state index contributed by atoms with van der Waals surface area (Å²) in [5.74, 6) is 0. The number of rotatable bonds is 4. The van der Waals surface area contributed by atoms with Gasteiger partial charge in [-0.15, -0.1) is 6.58 Å². The van der Waals surface area contributed by atoms with Crippen molar-refractivity contribution in [3.05, 3.63) is 42.5 Å². The van der Waals surface area contributed by atoms with Crippen LogP contribution < -0.4 is 0 Å². The maximum absolute atomic E-state index is 3.48. The smallest absolute Gasteiger partial charge is 0.0106 e. The Balaban J connectivity index is 0.000000557. The molecule has 0 saturated heterocycles. The van der Waals surface area contributed by atoms with Crippen molar-refractivity contribution in [2.75, 3.05) is 18.8 Å². The van der Waals surface area contributed by atoms with Gasteiger partial charge in [-0.2, -0.15) is 0 Å². The molecule has 0 aliphatic carbocycles. The highest BCUT2D eigenvalue weighted by Crippen LogP contribution is 2.44. The minimum atomic E-state index is -0.535. The molecule has 0 bridgehead atoms. The van der Waals surface area contributed by atoms with Crippen LogP contribution in [0.3, 0.4) is 0 Å². The fourth-order valence-corrected chi connectivity index (χ4v) is 2.31. The molecular formula is C16H28S. The van der Waals surface area contributed by atoms with Gasteiger partial charge in [0.15, 0.2) is 0 Å². The second kappa shape index (κ2) is 8.41.